The molecule has 0 radical (unpaired) electrons. The minimum absolute atomic E-state index is 0.0234. The fourth-order valence-corrected chi connectivity index (χ4v) is 3.35. The highest BCUT2D eigenvalue weighted by atomic mass is 16.2. The summed E-state index contributed by atoms with van der Waals surface area (Å²) in [6.45, 7) is 3.70. The second kappa shape index (κ2) is 7.59. The van der Waals surface area contributed by atoms with Crippen molar-refractivity contribution >= 4 is 28.7 Å². The van der Waals surface area contributed by atoms with Crippen LogP contribution in [0.3, 0.4) is 0 Å². The van der Waals surface area contributed by atoms with Crippen molar-refractivity contribution in [2.45, 2.75) is 45.2 Å². The van der Waals surface area contributed by atoms with Crippen LogP contribution < -0.4 is 10.6 Å². The van der Waals surface area contributed by atoms with Crippen LogP contribution in [0.2, 0.25) is 0 Å². The molecule has 1 saturated heterocycles. The summed E-state index contributed by atoms with van der Waals surface area (Å²) in [5, 5.41) is 6.53. The first-order chi connectivity index (χ1) is 12.5. The number of benzene rings is 1. The molecule has 4 amide bonds. The molecule has 2 aromatic rings. The summed E-state index contributed by atoms with van der Waals surface area (Å²) in [4.78, 5) is 41.0. The number of hydrogen-bond donors (Lipinski definition) is 3. The smallest absolute Gasteiger partial charge is 0.325 e. The van der Waals surface area contributed by atoms with Crippen molar-refractivity contribution < 1.29 is 14.4 Å². The molecule has 138 valence electrons. The molecule has 0 bridgehead atoms. The van der Waals surface area contributed by atoms with Gasteiger partial charge in [0.25, 0.3) is 5.91 Å². The molecule has 1 fully saturated rings. The van der Waals surface area contributed by atoms with Gasteiger partial charge in [-0.05, 0) is 25.0 Å². The molecule has 0 spiro atoms. The van der Waals surface area contributed by atoms with E-state index in [4.69, 9.17) is 0 Å². The SMILES string of the molecule is CCCC(C)NC(=O)CN1C(=O)NC(Cc2c[nH]c3ccccc23)C1=O. The Hall–Kier alpha value is -2.83. The van der Waals surface area contributed by atoms with Crippen LogP contribution in [0.1, 0.15) is 32.3 Å². The van der Waals surface area contributed by atoms with Crippen molar-refractivity contribution in [3.8, 4) is 0 Å². The Morgan fingerprint density at radius 3 is 2.85 bits per heavy atom. The fraction of sp³-hybridized carbons (Fsp3) is 0.421. The molecule has 1 aromatic carbocycles. The van der Waals surface area contributed by atoms with E-state index in [9.17, 15) is 14.4 Å². The van der Waals surface area contributed by atoms with E-state index in [1.165, 1.54) is 0 Å². The van der Waals surface area contributed by atoms with E-state index in [-0.39, 0.29) is 24.4 Å². The second-order valence-electron chi connectivity index (χ2n) is 6.75. The van der Waals surface area contributed by atoms with Crippen LogP contribution in [-0.4, -0.2) is 46.4 Å². The van der Waals surface area contributed by atoms with Crippen molar-refractivity contribution in [1.82, 2.24) is 20.5 Å². The number of fused-ring (bicyclic) bond motifs is 1. The number of carbonyl (C=O) groups is 3. The summed E-state index contributed by atoms with van der Waals surface area (Å²) < 4.78 is 0. The number of rotatable bonds is 7. The number of urea groups is 1. The van der Waals surface area contributed by atoms with Crippen LogP contribution in [-0.2, 0) is 16.0 Å². The molecule has 0 saturated carbocycles. The third kappa shape index (κ3) is 3.71. The Bertz CT molecular complexity index is 829. The largest absolute Gasteiger partial charge is 0.361 e. The standard InChI is InChI=1S/C19H24N4O3/c1-3-6-12(2)21-17(24)11-23-18(25)16(22-19(23)26)9-13-10-20-15-8-5-4-7-14(13)15/h4-5,7-8,10,12,16,20H,3,6,9,11H2,1-2H3,(H,21,24)(H,22,26). The number of imide groups is 1. The summed E-state index contributed by atoms with van der Waals surface area (Å²) >= 11 is 0. The van der Waals surface area contributed by atoms with Crippen molar-refractivity contribution in [2.75, 3.05) is 6.54 Å². The Labute approximate surface area is 152 Å². The van der Waals surface area contributed by atoms with Crippen LogP contribution in [0.25, 0.3) is 10.9 Å². The molecule has 1 aromatic heterocycles. The minimum Gasteiger partial charge on any atom is -0.361 e. The van der Waals surface area contributed by atoms with Gasteiger partial charge < -0.3 is 15.6 Å². The highest BCUT2D eigenvalue weighted by molar-refractivity contribution is 6.06. The number of aromatic amines is 1. The van der Waals surface area contributed by atoms with Crippen LogP contribution in [0, 0.1) is 0 Å². The second-order valence-corrected chi connectivity index (χ2v) is 6.75. The van der Waals surface area contributed by atoms with Crippen molar-refractivity contribution in [3.05, 3.63) is 36.0 Å². The molecule has 7 heteroatoms. The van der Waals surface area contributed by atoms with Gasteiger partial charge in [0.2, 0.25) is 5.91 Å². The van der Waals surface area contributed by atoms with Gasteiger partial charge in [0, 0.05) is 29.6 Å². The van der Waals surface area contributed by atoms with Crippen LogP contribution in [0.4, 0.5) is 4.79 Å². The normalized spacial score (nSPS) is 18.2. The monoisotopic (exact) mass is 356 g/mol. The van der Waals surface area contributed by atoms with Crippen molar-refractivity contribution in [1.29, 1.82) is 0 Å². The fourth-order valence-electron chi connectivity index (χ4n) is 3.35. The number of carbonyl (C=O) groups excluding carboxylic acids is 3. The number of hydrogen-bond acceptors (Lipinski definition) is 3. The molecule has 2 unspecified atom stereocenters. The molecule has 26 heavy (non-hydrogen) atoms. The zero-order chi connectivity index (χ0) is 18.7. The summed E-state index contributed by atoms with van der Waals surface area (Å²) in [6.07, 6.45) is 4.05. The third-order valence-electron chi connectivity index (χ3n) is 4.64. The van der Waals surface area contributed by atoms with Crippen molar-refractivity contribution in [3.63, 3.8) is 0 Å². The van der Waals surface area contributed by atoms with Gasteiger partial charge in [-0.1, -0.05) is 31.5 Å². The molecule has 2 heterocycles. The van der Waals surface area contributed by atoms with Gasteiger partial charge in [0.1, 0.15) is 12.6 Å². The van der Waals surface area contributed by atoms with Gasteiger partial charge in [-0.25, -0.2) is 4.79 Å². The maximum atomic E-state index is 12.6. The summed E-state index contributed by atoms with van der Waals surface area (Å²) in [6, 6.07) is 6.66. The number of nitrogens with zero attached hydrogens (tertiary/aromatic N) is 1. The summed E-state index contributed by atoms with van der Waals surface area (Å²) in [5.74, 6) is -0.680. The van der Waals surface area contributed by atoms with Crippen molar-refractivity contribution in [2.24, 2.45) is 0 Å². The zero-order valence-electron chi connectivity index (χ0n) is 15.0. The predicted molar refractivity (Wildman–Crippen MR) is 98.5 cm³/mol. The molecule has 1 aliphatic rings. The van der Waals surface area contributed by atoms with Crippen LogP contribution in [0.15, 0.2) is 30.5 Å². The number of para-hydroxylation sites is 1. The lowest BCUT2D eigenvalue weighted by molar-refractivity contribution is -0.132. The van der Waals surface area contributed by atoms with E-state index >= 15 is 0 Å². The first-order valence-electron chi connectivity index (χ1n) is 8.95. The molecule has 7 nitrogen and oxygen atoms in total. The Morgan fingerprint density at radius 2 is 2.08 bits per heavy atom. The summed E-state index contributed by atoms with van der Waals surface area (Å²) in [5.41, 5.74) is 1.95. The molecule has 3 N–H and O–H groups in total. The van der Waals surface area contributed by atoms with Gasteiger partial charge in [-0.15, -0.1) is 0 Å². The predicted octanol–water partition coefficient (Wildman–Crippen LogP) is 1.94. The quantitative estimate of drug-likeness (QED) is 0.662. The Morgan fingerprint density at radius 1 is 1.31 bits per heavy atom. The van der Waals surface area contributed by atoms with E-state index in [0.717, 1.165) is 34.2 Å². The van der Waals surface area contributed by atoms with Crippen LogP contribution >= 0.6 is 0 Å². The van der Waals surface area contributed by atoms with E-state index in [1.54, 1.807) is 0 Å². The maximum Gasteiger partial charge on any atom is 0.325 e. The van der Waals surface area contributed by atoms with Gasteiger partial charge in [0.05, 0.1) is 0 Å². The number of H-pyrrole nitrogens is 1. The van der Waals surface area contributed by atoms with Crippen LogP contribution in [0.5, 0.6) is 0 Å². The van der Waals surface area contributed by atoms with Gasteiger partial charge in [-0.3, -0.25) is 14.5 Å². The molecule has 0 aliphatic carbocycles. The first kappa shape index (κ1) is 18.0. The van der Waals surface area contributed by atoms with Gasteiger partial charge in [0.15, 0.2) is 0 Å². The highest BCUT2D eigenvalue weighted by Crippen LogP contribution is 2.21. The number of amides is 4. The molecule has 1 aliphatic heterocycles. The summed E-state index contributed by atoms with van der Waals surface area (Å²) in [7, 11) is 0. The lowest BCUT2D eigenvalue weighted by atomic mass is 10.1. The first-order valence-corrected chi connectivity index (χ1v) is 8.95. The lowest BCUT2D eigenvalue weighted by Gasteiger charge is -2.16. The molecular weight excluding hydrogens is 332 g/mol. The maximum absolute atomic E-state index is 12.6. The molecular formula is C19H24N4O3. The zero-order valence-corrected chi connectivity index (χ0v) is 15.0. The lowest BCUT2D eigenvalue weighted by Crippen LogP contribution is -2.43. The Kier molecular flexibility index (Phi) is 5.25. The molecule has 3 rings (SSSR count). The minimum atomic E-state index is -0.650. The van der Waals surface area contributed by atoms with E-state index in [1.807, 2.05) is 44.3 Å². The van der Waals surface area contributed by atoms with Gasteiger partial charge in [-0.2, -0.15) is 0 Å². The number of nitrogens with one attached hydrogen (secondary N) is 3. The average Bonchev–Trinajstić information content (AvgIpc) is 3.12. The topological polar surface area (TPSA) is 94.3 Å². The van der Waals surface area contributed by atoms with Gasteiger partial charge >= 0.3 is 6.03 Å². The van der Waals surface area contributed by atoms with E-state index in [2.05, 4.69) is 15.6 Å². The van der Waals surface area contributed by atoms with E-state index < -0.39 is 12.1 Å². The number of aromatic nitrogens is 1. The third-order valence-corrected chi connectivity index (χ3v) is 4.64. The Balaban J connectivity index is 1.64. The highest BCUT2D eigenvalue weighted by Gasteiger charge is 2.39. The average molecular weight is 356 g/mol. The van der Waals surface area contributed by atoms with E-state index in [0.29, 0.717) is 6.42 Å². The molecule has 2 atom stereocenters.